The fourth-order valence-electron chi connectivity index (χ4n) is 10.7. The summed E-state index contributed by atoms with van der Waals surface area (Å²) >= 11 is 0. The van der Waals surface area contributed by atoms with E-state index in [1.807, 2.05) is 0 Å². The van der Waals surface area contributed by atoms with Crippen molar-refractivity contribution in [1.82, 2.24) is 0 Å². The van der Waals surface area contributed by atoms with E-state index in [1.165, 1.54) is 122 Å². The van der Waals surface area contributed by atoms with Crippen molar-refractivity contribution in [3.8, 4) is 0 Å². The number of hydrogen-bond acceptors (Lipinski definition) is 2. The lowest BCUT2D eigenvalue weighted by molar-refractivity contribution is -0.151. The van der Waals surface area contributed by atoms with Crippen molar-refractivity contribution in [2.75, 3.05) is 0 Å². The van der Waals surface area contributed by atoms with Gasteiger partial charge in [-0.1, -0.05) is 148 Å². The first kappa shape index (κ1) is 38.5. The van der Waals surface area contributed by atoms with Gasteiger partial charge in [-0.2, -0.15) is 0 Å². The Balaban J connectivity index is 1.14. The monoisotopic (exact) mass is 649 g/mol. The Hall–Kier alpha value is -1.31. The van der Waals surface area contributed by atoms with Crippen molar-refractivity contribution < 1.29 is 9.53 Å². The number of carbonyl (C=O) groups excluding carboxylic acids is 1. The summed E-state index contributed by atoms with van der Waals surface area (Å²) in [7, 11) is 0. The molecule has 0 spiro atoms. The normalized spacial score (nSPS) is 30.9. The minimum absolute atomic E-state index is 0.0387. The van der Waals surface area contributed by atoms with Crippen molar-refractivity contribution in [2.45, 2.75) is 202 Å². The molecule has 1 unspecified atom stereocenters. The average molecular weight is 649 g/mol. The van der Waals surface area contributed by atoms with Crippen LogP contribution in [0.2, 0.25) is 0 Å². The number of carbonyl (C=O) groups is 1. The fraction of sp³-hybridized carbons (Fsp3) is 0.844. The summed E-state index contributed by atoms with van der Waals surface area (Å²) in [6.07, 6.45) is 40.1. The number of fused-ring (bicyclic) bond motifs is 5. The van der Waals surface area contributed by atoms with Gasteiger partial charge in [0.25, 0.3) is 0 Å². The summed E-state index contributed by atoms with van der Waals surface area (Å²) in [4.78, 5) is 12.8. The SMILES string of the molecule is CCCCCCCC/C=C/CCCCCCCC(=O)O[C@H]1CC[C@@]2(C)C(=CC=C3[C@@H]4CC[C@H](C(C)CCCC(C)C)[C@@]4(C)CC[C@@H]32)C1. The molecule has 4 aliphatic rings. The lowest BCUT2D eigenvalue weighted by Crippen LogP contribution is -2.46. The zero-order valence-corrected chi connectivity index (χ0v) is 32.1. The third-order valence-electron chi connectivity index (χ3n) is 13.7. The number of rotatable bonds is 21. The molecule has 4 aliphatic carbocycles. The molecule has 4 rings (SSSR count). The van der Waals surface area contributed by atoms with Gasteiger partial charge in [-0.3, -0.25) is 4.79 Å². The summed E-state index contributed by atoms with van der Waals surface area (Å²) in [5.41, 5.74) is 4.11. The first-order chi connectivity index (χ1) is 22.7. The van der Waals surface area contributed by atoms with E-state index in [0.717, 1.165) is 49.4 Å². The summed E-state index contributed by atoms with van der Waals surface area (Å²) < 4.78 is 6.10. The molecule has 47 heavy (non-hydrogen) atoms. The quantitative estimate of drug-likeness (QED) is 0.0703. The van der Waals surface area contributed by atoms with Crippen molar-refractivity contribution in [3.63, 3.8) is 0 Å². The van der Waals surface area contributed by atoms with Gasteiger partial charge in [-0.05, 0) is 111 Å². The third kappa shape index (κ3) is 10.6. The summed E-state index contributed by atoms with van der Waals surface area (Å²) in [5.74, 6) is 4.07. The highest BCUT2D eigenvalue weighted by Gasteiger charge is 2.57. The van der Waals surface area contributed by atoms with Gasteiger partial charge in [-0.25, -0.2) is 0 Å². The molecule has 268 valence electrons. The van der Waals surface area contributed by atoms with E-state index in [9.17, 15) is 4.79 Å². The summed E-state index contributed by atoms with van der Waals surface area (Å²) in [6.45, 7) is 14.8. The Morgan fingerprint density at radius 2 is 1.47 bits per heavy atom. The van der Waals surface area contributed by atoms with Crippen LogP contribution < -0.4 is 0 Å². The molecule has 0 bridgehead atoms. The molecule has 3 fully saturated rings. The maximum Gasteiger partial charge on any atom is 0.306 e. The molecule has 0 aliphatic heterocycles. The van der Waals surface area contributed by atoms with E-state index in [-0.39, 0.29) is 17.5 Å². The van der Waals surface area contributed by atoms with Crippen LogP contribution >= 0.6 is 0 Å². The second-order valence-corrected chi connectivity index (χ2v) is 17.6. The molecular weight excluding hydrogens is 572 g/mol. The Morgan fingerprint density at radius 1 is 0.787 bits per heavy atom. The minimum atomic E-state index is 0.0387. The molecule has 2 nitrogen and oxygen atoms in total. The lowest BCUT2D eigenvalue weighted by Gasteiger charge is -2.55. The molecule has 2 heteroatoms. The van der Waals surface area contributed by atoms with Crippen LogP contribution in [-0.2, 0) is 9.53 Å². The fourth-order valence-corrected chi connectivity index (χ4v) is 10.7. The van der Waals surface area contributed by atoms with Crippen LogP contribution in [0, 0.1) is 40.4 Å². The molecule has 7 atom stereocenters. The van der Waals surface area contributed by atoms with Gasteiger partial charge in [0.2, 0.25) is 0 Å². The van der Waals surface area contributed by atoms with Gasteiger partial charge in [0.15, 0.2) is 0 Å². The van der Waals surface area contributed by atoms with Crippen LogP contribution in [0.4, 0.5) is 0 Å². The molecule has 0 aromatic heterocycles. The largest absolute Gasteiger partial charge is 0.462 e. The Bertz CT molecular complexity index is 1030. The predicted molar refractivity (Wildman–Crippen MR) is 202 cm³/mol. The van der Waals surface area contributed by atoms with Crippen molar-refractivity contribution in [1.29, 1.82) is 0 Å². The molecule has 0 aromatic rings. The predicted octanol–water partition coefficient (Wildman–Crippen LogP) is 13.9. The molecule has 0 heterocycles. The lowest BCUT2D eigenvalue weighted by atomic mass is 9.50. The zero-order chi connectivity index (χ0) is 33.7. The van der Waals surface area contributed by atoms with Crippen LogP contribution in [0.25, 0.3) is 0 Å². The summed E-state index contributed by atoms with van der Waals surface area (Å²) in [6, 6.07) is 0. The number of ether oxygens (including phenoxy) is 1. The molecule has 0 radical (unpaired) electrons. The third-order valence-corrected chi connectivity index (χ3v) is 13.7. The van der Waals surface area contributed by atoms with Crippen molar-refractivity contribution in [2.24, 2.45) is 40.4 Å². The first-order valence-electron chi connectivity index (χ1n) is 20.9. The van der Waals surface area contributed by atoms with Crippen LogP contribution in [0.3, 0.4) is 0 Å². The molecular formula is C45H76O2. The van der Waals surface area contributed by atoms with Crippen LogP contribution in [-0.4, -0.2) is 12.1 Å². The first-order valence-corrected chi connectivity index (χ1v) is 20.9. The number of allylic oxidation sites excluding steroid dienone is 5. The van der Waals surface area contributed by atoms with E-state index < -0.39 is 0 Å². The number of hydrogen-bond donors (Lipinski definition) is 0. The van der Waals surface area contributed by atoms with Crippen LogP contribution in [0.1, 0.15) is 196 Å². The van der Waals surface area contributed by atoms with E-state index in [1.54, 1.807) is 11.1 Å². The van der Waals surface area contributed by atoms with Gasteiger partial charge < -0.3 is 4.74 Å². The topological polar surface area (TPSA) is 26.3 Å². The second kappa shape index (κ2) is 19.2. The standard InChI is InChI=1S/C45H76O2/c1-7-8-9-10-11-12-13-14-15-16-17-18-19-20-21-25-43(46)47-38-30-32-44(5)37(34-38)26-27-39-41-29-28-40(36(4)24-22-23-35(2)3)45(41,6)33-31-42(39)44/h14-15,26-27,35-36,38,40-42H,7-13,16-25,28-34H2,1-6H3/b15-14+/t36?,38-,40+,41-,42-,44-,45+/m0/s1. The number of esters is 1. The van der Waals surface area contributed by atoms with Crippen molar-refractivity contribution >= 4 is 5.97 Å². The molecule has 3 saturated carbocycles. The van der Waals surface area contributed by atoms with E-state index >= 15 is 0 Å². The zero-order valence-electron chi connectivity index (χ0n) is 32.1. The minimum Gasteiger partial charge on any atom is -0.462 e. The molecule has 0 saturated heterocycles. The number of unbranched alkanes of at least 4 members (excludes halogenated alkanes) is 11. The Kier molecular flexibility index (Phi) is 15.7. The Labute approximate surface area is 292 Å². The Morgan fingerprint density at radius 3 is 2.17 bits per heavy atom. The van der Waals surface area contributed by atoms with Gasteiger partial charge in [-0.15, -0.1) is 0 Å². The van der Waals surface area contributed by atoms with Gasteiger partial charge >= 0.3 is 5.97 Å². The second-order valence-electron chi connectivity index (χ2n) is 17.6. The van der Waals surface area contributed by atoms with Crippen LogP contribution in [0.5, 0.6) is 0 Å². The van der Waals surface area contributed by atoms with Gasteiger partial charge in [0.05, 0.1) is 0 Å². The van der Waals surface area contributed by atoms with Gasteiger partial charge in [0, 0.05) is 12.8 Å². The average Bonchev–Trinajstić information content (AvgIpc) is 3.40. The highest BCUT2D eigenvalue weighted by atomic mass is 16.5. The smallest absolute Gasteiger partial charge is 0.306 e. The van der Waals surface area contributed by atoms with Gasteiger partial charge in [0.1, 0.15) is 6.10 Å². The maximum absolute atomic E-state index is 12.8. The highest BCUT2D eigenvalue weighted by molar-refractivity contribution is 5.69. The van der Waals surface area contributed by atoms with E-state index in [2.05, 4.69) is 65.8 Å². The maximum atomic E-state index is 12.8. The molecule has 0 amide bonds. The van der Waals surface area contributed by atoms with E-state index in [0.29, 0.717) is 17.8 Å². The van der Waals surface area contributed by atoms with Crippen LogP contribution in [0.15, 0.2) is 35.5 Å². The van der Waals surface area contributed by atoms with E-state index in [4.69, 9.17) is 4.74 Å². The highest BCUT2D eigenvalue weighted by Crippen LogP contribution is 2.66. The molecule has 0 N–H and O–H groups in total. The molecule has 0 aromatic carbocycles. The van der Waals surface area contributed by atoms with Crippen molar-refractivity contribution in [3.05, 3.63) is 35.5 Å². The summed E-state index contributed by atoms with van der Waals surface area (Å²) in [5, 5.41) is 0.